The van der Waals surface area contributed by atoms with E-state index in [1.807, 2.05) is 6.92 Å². The van der Waals surface area contributed by atoms with E-state index in [-0.39, 0.29) is 5.91 Å². The van der Waals surface area contributed by atoms with Crippen molar-refractivity contribution in [3.63, 3.8) is 0 Å². The van der Waals surface area contributed by atoms with Crippen LogP contribution >= 0.6 is 0 Å². The lowest BCUT2D eigenvalue weighted by molar-refractivity contribution is -0.128. The van der Waals surface area contributed by atoms with Gasteiger partial charge < -0.3 is 15.3 Å². The Balaban J connectivity index is 2.26. The highest BCUT2D eigenvalue weighted by atomic mass is 16.3. The first-order valence-electron chi connectivity index (χ1n) is 5.30. The summed E-state index contributed by atoms with van der Waals surface area (Å²) in [5.41, 5.74) is 0. The van der Waals surface area contributed by atoms with Crippen LogP contribution in [-0.4, -0.2) is 48.2 Å². The van der Waals surface area contributed by atoms with Crippen molar-refractivity contribution in [1.29, 1.82) is 0 Å². The van der Waals surface area contributed by atoms with E-state index in [1.54, 1.807) is 4.90 Å². The molecule has 2 atom stereocenters. The highest BCUT2D eigenvalue weighted by Crippen LogP contribution is 2.16. The summed E-state index contributed by atoms with van der Waals surface area (Å²) in [6.45, 7) is 6.73. The molecule has 82 valence electrons. The minimum Gasteiger partial charge on any atom is -0.390 e. The van der Waals surface area contributed by atoms with E-state index in [0.29, 0.717) is 25.4 Å². The van der Waals surface area contributed by atoms with Gasteiger partial charge in [-0.15, -0.1) is 0 Å². The Morgan fingerprint density at radius 1 is 1.71 bits per heavy atom. The average Bonchev–Trinajstić information content (AvgIpc) is 2.42. The highest BCUT2D eigenvalue weighted by Gasteiger charge is 2.27. The molecule has 0 spiro atoms. The molecule has 1 rings (SSSR count). The molecule has 4 heteroatoms. The number of carbonyl (C=O) groups excluding carboxylic acids is 1. The van der Waals surface area contributed by atoms with Crippen LogP contribution in [0.4, 0.5) is 0 Å². The van der Waals surface area contributed by atoms with Gasteiger partial charge in [0.2, 0.25) is 5.91 Å². The molecule has 0 aromatic heterocycles. The third-order valence-electron chi connectivity index (χ3n) is 2.47. The first-order chi connectivity index (χ1) is 6.63. The fourth-order valence-corrected chi connectivity index (χ4v) is 1.78. The average molecular weight is 200 g/mol. The predicted molar refractivity (Wildman–Crippen MR) is 54.9 cm³/mol. The number of nitrogens with one attached hydrogen (secondary N) is 1. The number of nitrogens with zero attached hydrogens (tertiary/aromatic N) is 1. The number of aliphatic hydroxyl groups is 1. The van der Waals surface area contributed by atoms with Crippen LogP contribution in [0.15, 0.2) is 0 Å². The molecule has 0 aromatic rings. The number of rotatable bonds is 5. The van der Waals surface area contributed by atoms with Crippen LogP contribution in [0.2, 0.25) is 0 Å². The molecule has 1 fully saturated rings. The zero-order chi connectivity index (χ0) is 10.6. The summed E-state index contributed by atoms with van der Waals surface area (Å²) in [6, 6.07) is 0. The highest BCUT2D eigenvalue weighted by molar-refractivity contribution is 5.78. The molecular weight excluding hydrogens is 180 g/mol. The number of carbonyl (C=O) groups is 1. The summed E-state index contributed by atoms with van der Waals surface area (Å²) >= 11 is 0. The standard InChI is InChI=1S/C10H20N2O2/c1-3-11-5-9(13)7-12-6-8(2)4-10(12)14/h8-9,11,13H,3-7H2,1-2H3. The van der Waals surface area contributed by atoms with Gasteiger partial charge in [-0.3, -0.25) is 4.79 Å². The lowest BCUT2D eigenvalue weighted by Crippen LogP contribution is -2.39. The van der Waals surface area contributed by atoms with Gasteiger partial charge in [-0.2, -0.15) is 0 Å². The van der Waals surface area contributed by atoms with Crippen LogP contribution in [0.1, 0.15) is 20.3 Å². The summed E-state index contributed by atoms with van der Waals surface area (Å²) in [6.07, 6.45) is 0.192. The van der Waals surface area contributed by atoms with Crippen LogP contribution in [0.3, 0.4) is 0 Å². The minimum atomic E-state index is -0.441. The second kappa shape index (κ2) is 5.32. The number of likely N-dealkylation sites (N-methyl/N-ethyl adjacent to an activating group) is 1. The Labute approximate surface area is 85.3 Å². The van der Waals surface area contributed by atoms with Crippen molar-refractivity contribution in [1.82, 2.24) is 10.2 Å². The Kier molecular flexibility index (Phi) is 4.35. The quantitative estimate of drug-likeness (QED) is 0.647. The maximum atomic E-state index is 11.4. The Bertz CT molecular complexity index is 197. The van der Waals surface area contributed by atoms with E-state index >= 15 is 0 Å². The van der Waals surface area contributed by atoms with Gasteiger partial charge in [-0.25, -0.2) is 0 Å². The van der Waals surface area contributed by atoms with Crippen molar-refractivity contribution in [2.24, 2.45) is 5.92 Å². The van der Waals surface area contributed by atoms with E-state index in [1.165, 1.54) is 0 Å². The molecular formula is C10H20N2O2. The van der Waals surface area contributed by atoms with E-state index in [9.17, 15) is 9.90 Å². The van der Waals surface area contributed by atoms with Crippen molar-refractivity contribution in [3.8, 4) is 0 Å². The van der Waals surface area contributed by atoms with Crippen LogP contribution < -0.4 is 5.32 Å². The minimum absolute atomic E-state index is 0.174. The normalized spacial score (nSPS) is 24.4. The Hall–Kier alpha value is -0.610. The van der Waals surface area contributed by atoms with E-state index in [4.69, 9.17) is 0 Å². The molecule has 0 radical (unpaired) electrons. The summed E-state index contributed by atoms with van der Waals surface area (Å²) < 4.78 is 0. The smallest absolute Gasteiger partial charge is 0.223 e. The van der Waals surface area contributed by atoms with Gasteiger partial charge in [0.25, 0.3) is 0 Å². The van der Waals surface area contributed by atoms with Crippen LogP contribution in [0.5, 0.6) is 0 Å². The molecule has 1 saturated heterocycles. The fraction of sp³-hybridized carbons (Fsp3) is 0.900. The van der Waals surface area contributed by atoms with Crippen molar-refractivity contribution < 1.29 is 9.90 Å². The molecule has 0 aliphatic carbocycles. The monoisotopic (exact) mass is 200 g/mol. The lowest BCUT2D eigenvalue weighted by atomic mass is 10.2. The summed E-state index contributed by atoms with van der Waals surface area (Å²) in [4.78, 5) is 13.1. The predicted octanol–water partition coefficient (Wildman–Crippen LogP) is -0.175. The number of hydrogen-bond donors (Lipinski definition) is 2. The molecule has 0 aromatic carbocycles. The van der Waals surface area contributed by atoms with Crippen LogP contribution in [0, 0.1) is 5.92 Å². The summed E-state index contributed by atoms with van der Waals surface area (Å²) in [7, 11) is 0. The molecule has 1 heterocycles. The molecule has 1 aliphatic heterocycles. The van der Waals surface area contributed by atoms with Crippen molar-refractivity contribution in [2.75, 3.05) is 26.2 Å². The number of hydrogen-bond acceptors (Lipinski definition) is 3. The molecule has 2 N–H and O–H groups in total. The Morgan fingerprint density at radius 2 is 2.43 bits per heavy atom. The van der Waals surface area contributed by atoms with Crippen LogP contribution in [-0.2, 0) is 4.79 Å². The number of likely N-dealkylation sites (tertiary alicyclic amines) is 1. The van der Waals surface area contributed by atoms with Gasteiger partial charge >= 0.3 is 0 Å². The van der Waals surface area contributed by atoms with E-state index in [2.05, 4.69) is 12.2 Å². The number of amides is 1. The molecule has 0 saturated carbocycles. The van der Waals surface area contributed by atoms with Crippen molar-refractivity contribution in [2.45, 2.75) is 26.4 Å². The number of aliphatic hydroxyl groups excluding tert-OH is 1. The molecule has 4 nitrogen and oxygen atoms in total. The molecule has 0 bridgehead atoms. The Morgan fingerprint density at radius 3 is 2.93 bits per heavy atom. The van der Waals surface area contributed by atoms with Gasteiger partial charge in [-0.05, 0) is 12.5 Å². The first kappa shape index (κ1) is 11.5. The second-order valence-corrected chi connectivity index (χ2v) is 4.07. The third-order valence-corrected chi connectivity index (χ3v) is 2.47. The maximum absolute atomic E-state index is 11.4. The molecule has 1 aliphatic rings. The zero-order valence-corrected chi connectivity index (χ0v) is 8.99. The SMILES string of the molecule is CCNCC(O)CN1CC(C)CC1=O. The molecule has 14 heavy (non-hydrogen) atoms. The van der Waals surface area contributed by atoms with Gasteiger partial charge in [-0.1, -0.05) is 13.8 Å². The second-order valence-electron chi connectivity index (χ2n) is 4.07. The van der Waals surface area contributed by atoms with E-state index in [0.717, 1.165) is 13.1 Å². The van der Waals surface area contributed by atoms with Gasteiger partial charge in [0.1, 0.15) is 0 Å². The summed E-state index contributed by atoms with van der Waals surface area (Å²) in [5, 5.41) is 12.6. The fourth-order valence-electron chi connectivity index (χ4n) is 1.78. The van der Waals surface area contributed by atoms with Crippen molar-refractivity contribution >= 4 is 5.91 Å². The number of β-amino-alcohol motifs (C(OH)–C–C–N with tert-alkyl or cyclic N) is 1. The maximum Gasteiger partial charge on any atom is 0.223 e. The third kappa shape index (κ3) is 3.27. The zero-order valence-electron chi connectivity index (χ0n) is 8.99. The van der Waals surface area contributed by atoms with Gasteiger partial charge in [0.05, 0.1) is 6.10 Å². The molecule has 2 unspecified atom stereocenters. The summed E-state index contributed by atoms with van der Waals surface area (Å²) in [5.74, 6) is 0.613. The largest absolute Gasteiger partial charge is 0.390 e. The van der Waals surface area contributed by atoms with Gasteiger partial charge in [0.15, 0.2) is 0 Å². The van der Waals surface area contributed by atoms with E-state index < -0.39 is 6.10 Å². The topological polar surface area (TPSA) is 52.6 Å². The van der Waals surface area contributed by atoms with Crippen LogP contribution in [0.25, 0.3) is 0 Å². The lowest BCUT2D eigenvalue weighted by Gasteiger charge is -2.20. The first-order valence-corrected chi connectivity index (χ1v) is 5.30. The van der Waals surface area contributed by atoms with Crippen molar-refractivity contribution in [3.05, 3.63) is 0 Å². The molecule has 1 amide bonds. The van der Waals surface area contributed by atoms with Gasteiger partial charge in [0, 0.05) is 26.1 Å².